The summed E-state index contributed by atoms with van der Waals surface area (Å²) in [5.41, 5.74) is 0.222. The first kappa shape index (κ1) is 13.5. The average molecular weight is 291 g/mol. The highest BCUT2D eigenvalue weighted by Gasteiger charge is 2.37. The maximum absolute atomic E-state index is 12.5. The van der Waals surface area contributed by atoms with Crippen molar-refractivity contribution in [2.45, 2.75) is 6.04 Å². The molecule has 21 heavy (non-hydrogen) atoms. The zero-order chi connectivity index (χ0) is 15.0. The molecule has 2 fully saturated rings. The number of nitrogens with zero attached hydrogens (tertiary/aromatic N) is 2. The van der Waals surface area contributed by atoms with Crippen LogP contribution in [0.5, 0.6) is 11.5 Å². The summed E-state index contributed by atoms with van der Waals surface area (Å²) in [6.07, 6.45) is 0. The minimum atomic E-state index is -0.245. The Morgan fingerprint density at radius 3 is 3.00 bits per heavy atom. The highest BCUT2D eigenvalue weighted by Crippen LogP contribution is 2.25. The van der Waals surface area contributed by atoms with E-state index in [1.165, 1.54) is 19.2 Å². The van der Waals surface area contributed by atoms with Crippen molar-refractivity contribution in [2.75, 3.05) is 33.3 Å². The second kappa shape index (κ2) is 5.16. The largest absolute Gasteiger partial charge is 0.507 e. The number of methoxy groups -OCH3 is 1. The van der Waals surface area contributed by atoms with E-state index in [-0.39, 0.29) is 29.3 Å². The molecule has 3 amide bonds. The van der Waals surface area contributed by atoms with E-state index in [0.29, 0.717) is 31.9 Å². The zero-order valence-corrected chi connectivity index (χ0v) is 11.7. The number of nitrogens with one attached hydrogen (secondary N) is 1. The van der Waals surface area contributed by atoms with Gasteiger partial charge in [0.25, 0.3) is 5.91 Å². The van der Waals surface area contributed by atoms with Crippen molar-refractivity contribution < 1.29 is 19.4 Å². The molecule has 1 atom stereocenters. The maximum atomic E-state index is 12.5. The van der Waals surface area contributed by atoms with Gasteiger partial charge in [-0.15, -0.1) is 0 Å². The molecular formula is C14H17N3O4. The molecule has 0 bridgehead atoms. The van der Waals surface area contributed by atoms with Crippen LogP contribution in [0.15, 0.2) is 18.2 Å². The van der Waals surface area contributed by atoms with Crippen LogP contribution in [0.4, 0.5) is 4.79 Å². The molecule has 112 valence electrons. The second-order valence-corrected chi connectivity index (χ2v) is 5.17. The van der Waals surface area contributed by atoms with E-state index in [2.05, 4.69) is 5.32 Å². The Labute approximate surface area is 122 Å². The van der Waals surface area contributed by atoms with Crippen molar-refractivity contribution in [2.24, 2.45) is 0 Å². The Bertz CT molecular complexity index is 590. The molecule has 2 N–H and O–H groups in total. The molecule has 2 aliphatic rings. The van der Waals surface area contributed by atoms with E-state index in [4.69, 9.17) is 4.74 Å². The summed E-state index contributed by atoms with van der Waals surface area (Å²) in [7, 11) is 1.51. The summed E-state index contributed by atoms with van der Waals surface area (Å²) in [6.45, 7) is 1.98. The van der Waals surface area contributed by atoms with Crippen molar-refractivity contribution in [3.63, 3.8) is 0 Å². The fourth-order valence-electron chi connectivity index (χ4n) is 2.77. The van der Waals surface area contributed by atoms with Gasteiger partial charge in [-0.05, 0) is 18.2 Å². The van der Waals surface area contributed by atoms with Gasteiger partial charge >= 0.3 is 6.03 Å². The molecular weight excluding hydrogens is 274 g/mol. The van der Waals surface area contributed by atoms with Gasteiger partial charge in [0.15, 0.2) is 0 Å². The number of ether oxygens (including phenoxy) is 1. The molecule has 7 heteroatoms. The van der Waals surface area contributed by atoms with E-state index in [1.807, 2.05) is 0 Å². The van der Waals surface area contributed by atoms with Crippen molar-refractivity contribution in [3.8, 4) is 11.5 Å². The molecule has 1 aromatic carbocycles. The summed E-state index contributed by atoms with van der Waals surface area (Å²) in [5.74, 6) is 0.210. The van der Waals surface area contributed by atoms with E-state index >= 15 is 0 Å². The summed E-state index contributed by atoms with van der Waals surface area (Å²) in [5, 5.41) is 12.7. The van der Waals surface area contributed by atoms with Gasteiger partial charge in [-0.25, -0.2) is 4.79 Å². The van der Waals surface area contributed by atoms with Gasteiger partial charge in [0.2, 0.25) is 0 Å². The molecule has 2 aliphatic heterocycles. The monoisotopic (exact) mass is 291 g/mol. The highest BCUT2D eigenvalue weighted by molar-refractivity contribution is 5.97. The number of carbonyl (C=O) groups is 2. The summed E-state index contributed by atoms with van der Waals surface area (Å²) in [6, 6.07) is 4.51. The van der Waals surface area contributed by atoms with Gasteiger partial charge in [-0.2, -0.15) is 0 Å². The Kier molecular flexibility index (Phi) is 3.32. The summed E-state index contributed by atoms with van der Waals surface area (Å²) in [4.78, 5) is 27.5. The quantitative estimate of drug-likeness (QED) is 0.818. The van der Waals surface area contributed by atoms with Crippen LogP contribution >= 0.6 is 0 Å². The van der Waals surface area contributed by atoms with Gasteiger partial charge < -0.3 is 25.0 Å². The lowest BCUT2D eigenvalue weighted by Crippen LogP contribution is -2.53. The van der Waals surface area contributed by atoms with Crippen LogP contribution in [-0.2, 0) is 0 Å². The molecule has 0 radical (unpaired) electrons. The molecule has 2 saturated heterocycles. The van der Waals surface area contributed by atoms with Crippen molar-refractivity contribution in [1.82, 2.24) is 15.1 Å². The number of amides is 3. The smallest absolute Gasteiger partial charge is 0.317 e. The molecule has 3 rings (SSSR count). The highest BCUT2D eigenvalue weighted by atomic mass is 16.5. The van der Waals surface area contributed by atoms with E-state index < -0.39 is 0 Å². The second-order valence-electron chi connectivity index (χ2n) is 5.17. The Hall–Kier alpha value is -2.44. The summed E-state index contributed by atoms with van der Waals surface area (Å²) >= 11 is 0. The summed E-state index contributed by atoms with van der Waals surface area (Å²) < 4.78 is 5.09. The fourth-order valence-corrected chi connectivity index (χ4v) is 2.77. The Morgan fingerprint density at radius 2 is 2.24 bits per heavy atom. The topological polar surface area (TPSA) is 82.1 Å². The lowest BCUT2D eigenvalue weighted by atomic mass is 10.1. The maximum Gasteiger partial charge on any atom is 0.317 e. The van der Waals surface area contributed by atoms with Crippen molar-refractivity contribution in [3.05, 3.63) is 23.8 Å². The lowest BCUT2D eigenvalue weighted by Gasteiger charge is -2.36. The molecule has 1 aromatic rings. The first-order chi connectivity index (χ1) is 10.1. The fraction of sp³-hybridized carbons (Fsp3) is 0.429. The van der Waals surface area contributed by atoms with Crippen LogP contribution in [-0.4, -0.2) is 66.2 Å². The molecule has 2 heterocycles. The van der Waals surface area contributed by atoms with E-state index in [1.54, 1.807) is 15.9 Å². The molecule has 0 spiro atoms. The van der Waals surface area contributed by atoms with E-state index in [9.17, 15) is 14.7 Å². The molecule has 0 aliphatic carbocycles. The van der Waals surface area contributed by atoms with Crippen LogP contribution in [0.1, 0.15) is 10.4 Å². The van der Waals surface area contributed by atoms with Crippen molar-refractivity contribution in [1.29, 1.82) is 0 Å². The molecule has 1 unspecified atom stereocenters. The number of phenols is 1. The van der Waals surface area contributed by atoms with Crippen LogP contribution in [0, 0.1) is 0 Å². The number of aromatic hydroxyl groups is 1. The Balaban J connectivity index is 1.78. The number of rotatable bonds is 2. The number of piperazine rings is 1. The van der Waals surface area contributed by atoms with Crippen LogP contribution < -0.4 is 10.1 Å². The van der Waals surface area contributed by atoms with Crippen LogP contribution in [0.25, 0.3) is 0 Å². The SMILES string of the molecule is COc1ccc(O)c(C(=O)N2CCN3C(=O)NCC3C2)c1. The third kappa shape index (κ3) is 2.35. The predicted molar refractivity (Wildman–Crippen MR) is 74.5 cm³/mol. The van der Waals surface area contributed by atoms with Gasteiger partial charge in [0.1, 0.15) is 11.5 Å². The number of urea groups is 1. The number of carbonyl (C=O) groups excluding carboxylic acids is 2. The number of hydrogen-bond donors (Lipinski definition) is 2. The number of phenolic OH excluding ortho intramolecular Hbond substituents is 1. The lowest BCUT2D eigenvalue weighted by molar-refractivity contribution is 0.0613. The molecule has 0 aromatic heterocycles. The minimum Gasteiger partial charge on any atom is -0.507 e. The van der Waals surface area contributed by atoms with Crippen LogP contribution in [0.3, 0.4) is 0 Å². The standard InChI is InChI=1S/C14H17N3O4/c1-21-10-2-3-12(18)11(6-10)13(19)16-4-5-17-9(8-16)7-15-14(17)20/h2-3,6,9,18H,4-5,7-8H2,1H3,(H,15,20). The first-order valence-corrected chi connectivity index (χ1v) is 6.81. The van der Waals surface area contributed by atoms with Gasteiger partial charge in [0, 0.05) is 26.2 Å². The van der Waals surface area contributed by atoms with E-state index in [0.717, 1.165) is 0 Å². The Morgan fingerprint density at radius 1 is 1.43 bits per heavy atom. The van der Waals surface area contributed by atoms with Gasteiger partial charge in [0.05, 0.1) is 18.7 Å². The van der Waals surface area contributed by atoms with Gasteiger partial charge in [-0.1, -0.05) is 0 Å². The molecule has 0 saturated carbocycles. The predicted octanol–water partition coefficient (Wildman–Crippen LogP) is 0.250. The minimum absolute atomic E-state index is 0.00273. The first-order valence-electron chi connectivity index (χ1n) is 6.81. The third-order valence-electron chi connectivity index (χ3n) is 3.95. The van der Waals surface area contributed by atoms with Crippen molar-refractivity contribution >= 4 is 11.9 Å². The van der Waals surface area contributed by atoms with Gasteiger partial charge in [-0.3, -0.25) is 4.79 Å². The zero-order valence-electron chi connectivity index (χ0n) is 11.7. The molecule has 7 nitrogen and oxygen atoms in total. The number of fused-ring (bicyclic) bond motifs is 1. The normalized spacial score (nSPS) is 21.0. The third-order valence-corrected chi connectivity index (χ3v) is 3.95. The van der Waals surface area contributed by atoms with Crippen LogP contribution in [0.2, 0.25) is 0 Å². The average Bonchev–Trinajstić information content (AvgIpc) is 2.88. The number of benzene rings is 1. The number of hydrogen-bond acceptors (Lipinski definition) is 4.